The van der Waals surface area contributed by atoms with Crippen LogP contribution in [0.15, 0.2) is 58.2 Å². The van der Waals surface area contributed by atoms with Crippen molar-refractivity contribution in [2.75, 3.05) is 7.11 Å². The SMILES string of the molecule is COC(=O)C=C(C)C=CC(C)=C(C)C=CC1=C(C)CCCC1(C)C. The van der Waals surface area contributed by atoms with E-state index in [4.69, 9.17) is 0 Å². The van der Waals surface area contributed by atoms with Crippen LogP contribution in [0.3, 0.4) is 0 Å². The van der Waals surface area contributed by atoms with E-state index in [1.165, 1.54) is 54.7 Å². The molecule has 0 aromatic heterocycles. The van der Waals surface area contributed by atoms with Crippen molar-refractivity contribution in [2.45, 2.75) is 60.8 Å². The lowest BCUT2D eigenvalue weighted by atomic mass is 9.72. The summed E-state index contributed by atoms with van der Waals surface area (Å²) in [5.41, 5.74) is 6.56. The molecule has 1 aliphatic rings. The summed E-state index contributed by atoms with van der Waals surface area (Å²) in [5, 5.41) is 0. The van der Waals surface area contributed by atoms with E-state index in [-0.39, 0.29) is 11.4 Å². The zero-order valence-electron chi connectivity index (χ0n) is 16.3. The first-order valence-electron chi connectivity index (χ1n) is 8.67. The molecule has 24 heavy (non-hydrogen) atoms. The summed E-state index contributed by atoms with van der Waals surface area (Å²) in [6, 6.07) is 0. The maximum atomic E-state index is 11.2. The van der Waals surface area contributed by atoms with E-state index in [0.29, 0.717) is 0 Å². The number of rotatable bonds is 5. The van der Waals surface area contributed by atoms with Crippen molar-refractivity contribution in [3.05, 3.63) is 58.2 Å². The van der Waals surface area contributed by atoms with Crippen LogP contribution >= 0.6 is 0 Å². The van der Waals surface area contributed by atoms with Gasteiger partial charge in [-0.1, -0.05) is 43.7 Å². The predicted octanol–water partition coefficient (Wildman–Crippen LogP) is 6.08. The topological polar surface area (TPSA) is 26.3 Å². The molecule has 0 N–H and O–H groups in total. The van der Waals surface area contributed by atoms with Gasteiger partial charge in [0.1, 0.15) is 0 Å². The van der Waals surface area contributed by atoms with Crippen molar-refractivity contribution in [1.82, 2.24) is 0 Å². The van der Waals surface area contributed by atoms with E-state index in [1.807, 2.05) is 19.1 Å². The van der Waals surface area contributed by atoms with Gasteiger partial charge in [-0.25, -0.2) is 4.79 Å². The Labute approximate surface area is 147 Å². The van der Waals surface area contributed by atoms with Crippen LogP contribution in [0.4, 0.5) is 0 Å². The van der Waals surface area contributed by atoms with Crippen molar-refractivity contribution < 1.29 is 9.53 Å². The van der Waals surface area contributed by atoms with Crippen molar-refractivity contribution in [2.24, 2.45) is 5.41 Å². The van der Waals surface area contributed by atoms with Gasteiger partial charge in [0, 0.05) is 6.08 Å². The van der Waals surface area contributed by atoms with E-state index in [9.17, 15) is 4.79 Å². The lowest BCUT2D eigenvalue weighted by Crippen LogP contribution is -2.19. The van der Waals surface area contributed by atoms with Crippen molar-refractivity contribution in [1.29, 1.82) is 0 Å². The molecule has 1 aliphatic carbocycles. The van der Waals surface area contributed by atoms with Gasteiger partial charge in [0.2, 0.25) is 0 Å². The molecule has 0 fully saturated rings. The number of methoxy groups -OCH3 is 1. The maximum Gasteiger partial charge on any atom is 0.330 e. The molecule has 132 valence electrons. The summed E-state index contributed by atoms with van der Waals surface area (Å²) >= 11 is 0. The standard InChI is InChI=1S/C22H32O2/c1-16(15-21(23)24-7)10-11-17(2)18(3)12-13-20-19(4)9-8-14-22(20,5)6/h10-13,15H,8-9,14H2,1-7H3. The fraction of sp³-hybridized carbons (Fsp3) is 0.500. The third-order valence-electron chi connectivity index (χ3n) is 4.81. The maximum absolute atomic E-state index is 11.2. The molecule has 0 bridgehead atoms. The minimum absolute atomic E-state index is 0.267. The molecule has 2 heteroatoms. The van der Waals surface area contributed by atoms with E-state index >= 15 is 0 Å². The Morgan fingerprint density at radius 1 is 1.08 bits per heavy atom. The quantitative estimate of drug-likeness (QED) is 0.347. The molecule has 0 amide bonds. The average Bonchev–Trinajstić information content (AvgIpc) is 2.51. The zero-order chi connectivity index (χ0) is 18.3. The molecule has 0 heterocycles. The Hall–Kier alpha value is -1.83. The van der Waals surface area contributed by atoms with Crippen LogP contribution in [0, 0.1) is 5.41 Å². The van der Waals surface area contributed by atoms with Crippen molar-refractivity contribution >= 4 is 5.97 Å². The van der Waals surface area contributed by atoms with Gasteiger partial charge in [0.15, 0.2) is 0 Å². The third-order valence-corrected chi connectivity index (χ3v) is 4.81. The van der Waals surface area contributed by atoms with Crippen LogP contribution in [0.25, 0.3) is 0 Å². The smallest absolute Gasteiger partial charge is 0.330 e. The minimum atomic E-state index is -0.322. The first-order chi connectivity index (χ1) is 11.2. The first kappa shape index (κ1) is 20.2. The van der Waals surface area contributed by atoms with Gasteiger partial charge >= 0.3 is 5.97 Å². The molecule has 0 aromatic carbocycles. The van der Waals surface area contributed by atoms with Gasteiger partial charge in [-0.2, -0.15) is 0 Å². The Kier molecular flexibility index (Phi) is 7.47. The molecule has 0 saturated carbocycles. The Morgan fingerprint density at radius 3 is 2.29 bits per heavy atom. The molecule has 0 aliphatic heterocycles. The molecular formula is C22H32O2. The fourth-order valence-corrected chi connectivity index (χ4v) is 3.03. The summed E-state index contributed by atoms with van der Waals surface area (Å²) in [4.78, 5) is 11.2. The molecule has 0 atom stereocenters. The second-order valence-corrected chi connectivity index (χ2v) is 7.38. The highest BCUT2D eigenvalue weighted by atomic mass is 16.5. The van der Waals surface area contributed by atoms with Gasteiger partial charge < -0.3 is 4.74 Å². The Bertz CT molecular complexity index is 622. The van der Waals surface area contributed by atoms with Crippen LogP contribution in [-0.4, -0.2) is 13.1 Å². The molecule has 0 aromatic rings. The van der Waals surface area contributed by atoms with Gasteiger partial charge in [0.05, 0.1) is 7.11 Å². The van der Waals surface area contributed by atoms with E-state index in [1.54, 1.807) is 0 Å². The summed E-state index contributed by atoms with van der Waals surface area (Å²) in [6.07, 6.45) is 13.7. The Balaban J connectivity index is 2.92. The second-order valence-electron chi connectivity index (χ2n) is 7.38. The van der Waals surface area contributed by atoms with Crippen LogP contribution in [0.1, 0.15) is 60.8 Å². The molecule has 2 nitrogen and oxygen atoms in total. The van der Waals surface area contributed by atoms with Gasteiger partial charge in [-0.3, -0.25) is 0 Å². The first-order valence-corrected chi connectivity index (χ1v) is 8.67. The number of hydrogen-bond acceptors (Lipinski definition) is 2. The van der Waals surface area contributed by atoms with Crippen LogP contribution < -0.4 is 0 Å². The predicted molar refractivity (Wildman–Crippen MR) is 103 cm³/mol. The molecule has 0 radical (unpaired) electrons. The number of allylic oxidation sites excluding steroid dienone is 9. The van der Waals surface area contributed by atoms with E-state index in [2.05, 4.69) is 51.5 Å². The third kappa shape index (κ3) is 5.99. The molecule has 0 unspecified atom stereocenters. The zero-order valence-corrected chi connectivity index (χ0v) is 16.3. The molecular weight excluding hydrogens is 296 g/mol. The highest BCUT2D eigenvalue weighted by Crippen LogP contribution is 2.40. The molecule has 0 saturated heterocycles. The van der Waals surface area contributed by atoms with Gasteiger partial charge in [-0.05, 0) is 74.7 Å². The number of carbonyl (C=O) groups is 1. The van der Waals surface area contributed by atoms with Crippen molar-refractivity contribution in [3.8, 4) is 0 Å². The number of ether oxygens (including phenoxy) is 1. The fourth-order valence-electron chi connectivity index (χ4n) is 3.03. The van der Waals surface area contributed by atoms with E-state index < -0.39 is 0 Å². The van der Waals surface area contributed by atoms with Crippen LogP contribution in [0.2, 0.25) is 0 Å². The van der Waals surface area contributed by atoms with E-state index in [0.717, 1.165) is 5.57 Å². The van der Waals surface area contributed by atoms with Crippen molar-refractivity contribution in [3.63, 3.8) is 0 Å². The summed E-state index contributed by atoms with van der Waals surface area (Å²) in [6.45, 7) is 13.0. The molecule has 0 spiro atoms. The van der Waals surface area contributed by atoms with Gasteiger partial charge in [0.25, 0.3) is 0 Å². The Morgan fingerprint density at radius 2 is 1.71 bits per heavy atom. The second kappa shape index (κ2) is 8.86. The van der Waals surface area contributed by atoms with Crippen LogP contribution in [0.5, 0.6) is 0 Å². The summed E-state index contributed by atoms with van der Waals surface area (Å²) < 4.78 is 4.63. The largest absolute Gasteiger partial charge is 0.466 e. The lowest BCUT2D eigenvalue weighted by Gasteiger charge is -2.33. The average molecular weight is 328 g/mol. The minimum Gasteiger partial charge on any atom is -0.466 e. The summed E-state index contributed by atoms with van der Waals surface area (Å²) in [5.74, 6) is -0.322. The highest BCUT2D eigenvalue weighted by Gasteiger charge is 2.26. The van der Waals surface area contributed by atoms with Gasteiger partial charge in [-0.15, -0.1) is 0 Å². The lowest BCUT2D eigenvalue weighted by molar-refractivity contribution is -0.134. The number of hydrogen-bond donors (Lipinski definition) is 0. The highest BCUT2D eigenvalue weighted by molar-refractivity contribution is 5.83. The number of esters is 1. The summed E-state index contributed by atoms with van der Waals surface area (Å²) in [7, 11) is 1.39. The normalized spacial score (nSPS) is 19.9. The monoisotopic (exact) mass is 328 g/mol. The number of carbonyl (C=O) groups excluding carboxylic acids is 1. The molecule has 1 rings (SSSR count). The van der Waals surface area contributed by atoms with Crippen LogP contribution in [-0.2, 0) is 9.53 Å².